The molecule has 1 unspecified atom stereocenters. The van der Waals surface area contributed by atoms with Crippen molar-refractivity contribution < 1.29 is 19.0 Å². The van der Waals surface area contributed by atoms with Gasteiger partial charge in [0.1, 0.15) is 0 Å². The van der Waals surface area contributed by atoms with E-state index < -0.39 is 6.10 Å². The van der Waals surface area contributed by atoms with E-state index in [4.69, 9.17) is 19.5 Å². The summed E-state index contributed by atoms with van der Waals surface area (Å²) < 4.78 is 16.2. The summed E-state index contributed by atoms with van der Waals surface area (Å²) in [4.78, 5) is 11.9. The summed E-state index contributed by atoms with van der Waals surface area (Å²) in [5, 5.41) is 8.92. The average Bonchev–Trinajstić information content (AvgIpc) is 2.48. The van der Waals surface area contributed by atoms with Gasteiger partial charge < -0.3 is 14.2 Å². The van der Waals surface area contributed by atoms with Gasteiger partial charge in [0.15, 0.2) is 17.6 Å². The molecule has 1 rings (SSSR count). The molecule has 0 bridgehead atoms. The van der Waals surface area contributed by atoms with E-state index in [1.807, 2.05) is 19.9 Å². The molecule has 0 aliphatic carbocycles. The number of ether oxygens (including phenoxy) is 3. The summed E-state index contributed by atoms with van der Waals surface area (Å²) in [6.45, 7) is 6.33. The molecule has 0 aliphatic heterocycles. The van der Waals surface area contributed by atoms with Crippen LogP contribution in [0, 0.1) is 11.3 Å². The Kier molecular flexibility index (Phi) is 7.10. The first-order valence-corrected chi connectivity index (χ1v) is 7.16. The highest BCUT2D eigenvalue weighted by molar-refractivity contribution is 5.75. The smallest absolute Gasteiger partial charge is 0.347 e. The van der Waals surface area contributed by atoms with Crippen molar-refractivity contribution in [3.05, 3.63) is 23.8 Å². The summed E-state index contributed by atoms with van der Waals surface area (Å²) in [6, 6.07) is 6.93. The SMILES string of the molecule is CCCC(Oc1ccc(C#N)cc1OCC)C(=O)OCC. The molecule has 5 nitrogen and oxygen atoms in total. The molecule has 0 saturated carbocycles. The van der Waals surface area contributed by atoms with Crippen molar-refractivity contribution in [1.82, 2.24) is 0 Å². The van der Waals surface area contributed by atoms with E-state index in [-0.39, 0.29) is 5.97 Å². The van der Waals surface area contributed by atoms with Crippen molar-refractivity contribution in [2.45, 2.75) is 39.7 Å². The molecular weight excluding hydrogens is 270 g/mol. The molecule has 1 atom stereocenters. The highest BCUT2D eigenvalue weighted by Gasteiger charge is 2.22. The Morgan fingerprint density at radius 1 is 1.24 bits per heavy atom. The minimum absolute atomic E-state index is 0.314. The van der Waals surface area contributed by atoms with Gasteiger partial charge >= 0.3 is 5.97 Å². The maximum Gasteiger partial charge on any atom is 0.347 e. The first-order chi connectivity index (χ1) is 10.2. The zero-order chi connectivity index (χ0) is 15.7. The van der Waals surface area contributed by atoms with Crippen LogP contribution in [-0.4, -0.2) is 25.3 Å². The zero-order valence-corrected chi connectivity index (χ0v) is 12.7. The maximum absolute atomic E-state index is 11.9. The van der Waals surface area contributed by atoms with Crippen LogP contribution in [-0.2, 0) is 9.53 Å². The first-order valence-electron chi connectivity index (χ1n) is 7.16. The first kappa shape index (κ1) is 16.8. The van der Waals surface area contributed by atoms with Crippen LogP contribution < -0.4 is 9.47 Å². The van der Waals surface area contributed by atoms with Gasteiger partial charge in [0, 0.05) is 6.07 Å². The number of rotatable bonds is 8. The minimum Gasteiger partial charge on any atom is -0.490 e. The molecule has 0 saturated heterocycles. The van der Waals surface area contributed by atoms with Gasteiger partial charge in [0.25, 0.3) is 0 Å². The van der Waals surface area contributed by atoms with Crippen LogP contribution >= 0.6 is 0 Å². The number of carbonyl (C=O) groups is 1. The lowest BCUT2D eigenvalue weighted by molar-refractivity contribution is -0.151. The van der Waals surface area contributed by atoms with E-state index in [1.165, 1.54) is 0 Å². The number of benzene rings is 1. The van der Waals surface area contributed by atoms with Crippen LogP contribution in [0.1, 0.15) is 39.2 Å². The van der Waals surface area contributed by atoms with E-state index in [0.29, 0.717) is 36.7 Å². The zero-order valence-electron chi connectivity index (χ0n) is 12.7. The third-order valence-corrected chi connectivity index (χ3v) is 2.74. The van der Waals surface area contributed by atoms with Gasteiger partial charge in [-0.3, -0.25) is 0 Å². The molecular formula is C16H21NO4. The Bertz CT molecular complexity index is 507. The molecule has 0 fully saturated rings. The molecule has 0 aromatic heterocycles. The Labute approximate surface area is 125 Å². The number of hydrogen-bond acceptors (Lipinski definition) is 5. The summed E-state index contributed by atoms with van der Waals surface area (Å²) in [7, 11) is 0. The fraction of sp³-hybridized carbons (Fsp3) is 0.500. The van der Waals surface area contributed by atoms with Crippen molar-refractivity contribution in [1.29, 1.82) is 5.26 Å². The van der Waals surface area contributed by atoms with E-state index in [1.54, 1.807) is 25.1 Å². The molecule has 114 valence electrons. The van der Waals surface area contributed by atoms with Crippen molar-refractivity contribution in [3.8, 4) is 17.6 Å². The predicted molar refractivity (Wildman–Crippen MR) is 78.3 cm³/mol. The highest BCUT2D eigenvalue weighted by atomic mass is 16.6. The highest BCUT2D eigenvalue weighted by Crippen LogP contribution is 2.30. The number of esters is 1. The van der Waals surface area contributed by atoms with Crippen LogP contribution in [0.2, 0.25) is 0 Å². The van der Waals surface area contributed by atoms with Gasteiger partial charge in [0.05, 0.1) is 24.8 Å². The molecule has 0 aliphatic rings. The van der Waals surface area contributed by atoms with Crippen molar-refractivity contribution in [2.75, 3.05) is 13.2 Å². The Balaban J connectivity index is 2.96. The van der Waals surface area contributed by atoms with E-state index in [0.717, 1.165) is 6.42 Å². The fourth-order valence-electron chi connectivity index (χ4n) is 1.82. The largest absolute Gasteiger partial charge is 0.490 e. The number of carbonyl (C=O) groups excluding carboxylic acids is 1. The molecule has 0 amide bonds. The number of nitriles is 1. The van der Waals surface area contributed by atoms with Gasteiger partial charge in [-0.2, -0.15) is 5.26 Å². The van der Waals surface area contributed by atoms with Gasteiger partial charge in [0.2, 0.25) is 0 Å². The lowest BCUT2D eigenvalue weighted by Gasteiger charge is -2.19. The molecule has 0 heterocycles. The Hall–Kier alpha value is -2.22. The molecule has 0 N–H and O–H groups in total. The maximum atomic E-state index is 11.9. The van der Waals surface area contributed by atoms with Crippen LogP contribution in [0.15, 0.2) is 18.2 Å². The molecule has 0 spiro atoms. The van der Waals surface area contributed by atoms with Crippen LogP contribution in [0.3, 0.4) is 0 Å². The van der Waals surface area contributed by atoms with E-state index in [2.05, 4.69) is 0 Å². The molecule has 1 aromatic rings. The van der Waals surface area contributed by atoms with Gasteiger partial charge in [-0.25, -0.2) is 4.79 Å². The van der Waals surface area contributed by atoms with E-state index in [9.17, 15) is 4.79 Å². The van der Waals surface area contributed by atoms with Crippen LogP contribution in [0.4, 0.5) is 0 Å². The molecule has 0 radical (unpaired) electrons. The number of nitrogens with zero attached hydrogens (tertiary/aromatic N) is 1. The third kappa shape index (κ3) is 4.99. The number of hydrogen-bond donors (Lipinski definition) is 0. The lowest BCUT2D eigenvalue weighted by atomic mass is 10.2. The second-order valence-electron chi connectivity index (χ2n) is 4.35. The van der Waals surface area contributed by atoms with Crippen molar-refractivity contribution in [3.63, 3.8) is 0 Å². The molecule has 5 heteroatoms. The summed E-state index contributed by atoms with van der Waals surface area (Å²) >= 11 is 0. The minimum atomic E-state index is -0.665. The average molecular weight is 291 g/mol. The van der Waals surface area contributed by atoms with Crippen LogP contribution in [0.25, 0.3) is 0 Å². The predicted octanol–water partition coefficient (Wildman–Crippen LogP) is 3.07. The molecule has 21 heavy (non-hydrogen) atoms. The summed E-state index contributed by atoms with van der Waals surface area (Å²) in [5.41, 5.74) is 0.481. The monoisotopic (exact) mass is 291 g/mol. The lowest BCUT2D eigenvalue weighted by Crippen LogP contribution is -2.29. The second-order valence-corrected chi connectivity index (χ2v) is 4.35. The van der Waals surface area contributed by atoms with Gasteiger partial charge in [-0.05, 0) is 32.4 Å². The van der Waals surface area contributed by atoms with Crippen molar-refractivity contribution in [2.24, 2.45) is 0 Å². The summed E-state index contributed by atoms with van der Waals surface area (Å²) in [5.74, 6) is 0.524. The summed E-state index contributed by atoms with van der Waals surface area (Å²) in [6.07, 6.45) is 0.691. The Morgan fingerprint density at radius 3 is 2.57 bits per heavy atom. The van der Waals surface area contributed by atoms with Gasteiger partial charge in [-0.15, -0.1) is 0 Å². The standard InChI is InChI=1S/C16H21NO4/c1-4-7-14(16(18)20-6-3)21-13-9-8-12(11-17)10-15(13)19-5-2/h8-10,14H,4-7H2,1-3H3. The van der Waals surface area contributed by atoms with E-state index >= 15 is 0 Å². The van der Waals surface area contributed by atoms with Crippen molar-refractivity contribution >= 4 is 5.97 Å². The molecule has 1 aromatic carbocycles. The third-order valence-electron chi connectivity index (χ3n) is 2.74. The quantitative estimate of drug-likeness (QED) is 0.688. The van der Waals surface area contributed by atoms with Crippen LogP contribution in [0.5, 0.6) is 11.5 Å². The fourth-order valence-corrected chi connectivity index (χ4v) is 1.82. The van der Waals surface area contributed by atoms with Gasteiger partial charge in [-0.1, -0.05) is 13.3 Å². The topological polar surface area (TPSA) is 68.5 Å². The second kappa shape index (κ2) is 8.85. The normalized spacial score (nSPS) is 11.3. The Morgan fingerprint density at radius 2 is 2.00 bits per heavy atom.